The number of aliphatic hydroxyl groups is 1. The molecule has 0 unspecified atom stereocenters. The molecule has 2 heterocycles. The van der Waals surface area contributed by atoms with Gasteiger partial charge in [0, 0.05) is 43.7 Å². The zero-order valence-electron chi connectivity index (χ0n) is 32.7. The molecule has 9 heteroatoms. The average Bonchev–Trinajstić information content (AvgIpc) is 3.22. The fraction of sp³-hybridized carbons (Fsp3) is 0.468. The van der Waals surface area contributed by atoms with E-state index in [9.17, 15) is 9.90 Å². The number of urea groups is 1. The molecule has 4 aliphatic carbocycles. The lowest BCUT2D eigenvalue weighted by Crippen LogP contribution is -2.61. The lowest BCUT2D eigenvalue weighted by atomic mass is 9.53. The summed E-state index contributed by atoms with van der Waals surface area (Å²) in [5.41, 5.74) is 8.74. The van der Waals surface area contributed by atoms with Crippen LogP contribution in [0, 0.1) is 17.8 Å². The summed E-state index contributed by atoms with van der Waals surface area (Å²) in [6, 6.07) is 29.1. The van der Waals surface area contributed by atoms with Crippen LogP contribution in [0.2, 0.25) is 0 Å². The Bertz CT molecular complexity index is 1980. The maximum atomic E-state index is 13.1. The third kappa shape index (κ3) is 7.92. The lowest BCUT2D eigenvalue weighted by Gasteiger charge is -2.56. The van der Waals surface area contributed by atoms with E-state index in [1.807, 2.05) is 12.1 Å². The van der Waals surface area contributed by atoms with E-state index in [1.54, 1.807) is 14.2 Å². The minimum absolute atomic E-state index is 0.00227. The van der Waals surface area contributed by atoms with Gasteiger partial charge in [-0.05, 0) is 120 Å². The van der Waals surface area contributed by atoms with E-state index in [0.29, 0.717) is 6.54 Å². The summed E-state index contributed by atoms with van der Waals surface area (Å²) in [6.07, 6.45) is 8.44. The van der Waals surface area contributed by atoms with Gasteiger partial charge in [0.25, 0.3) is 0 Å². The average molecular weight is 758 g/mol. The Morgan fingerprint density at radius 3 is 2.14 bits per heavy atom. The number of ether oxygens (including phenoxy) is 4. The molecule has 4 aromatic rings. The summed E-state index contributed by atoms with van der Waals surface area (Å²) < 4.78 is 24.6. The second-order valence-electron chi connectivity index (χ2n) is 17.1. The van der Waals surface area contributed by atoms with Crippen LogP contribution in [-0.2, 0) is 35.6 Å². The fourth-order valence-corrected chi connectivity index (χ4v) is 10.8. The van der Waals surface area contributed by atoms with Gasteiger partial charge in [-0.25, -0.2) is 4.79 Å². The van der Waals surface area contributed by atoms with Crippen molar-refractivity contribution in [1.82, 2.24) is 15.5 Å². The molecular weight excluding hydrogens is 703 g/mol. The van der Waals surface area contributed by atoms with Crippen molar-refractivity contribution in [2.45, 2.75) is 95.1 Å². The number of methoxy groups -OCH3 is 2. The molecule has 6 aliphatic rings. The third-order valence-electron chi connectivity index (χ3n) is 13.2. The summed E-state index contributed by atoms with van der Waals surface area (Å²) in [6.45, 7) is 3.02. The molecule has 4 aromatic carbocycles. The van der Waals surface area contributed by atoms with Crippen LogP contribution in [0.3, 0.4) is 0 Å². The number of nitrogens with one attached hydrogen (secondary N) is 2. The van der Waals surface area contributed by atoms with Crippen LogP contribution in [0.5, 0.6) is 11.5 Å². The number of aliphatic hydroxyl groups excluding tert-OH is 1. The highest BCUT2D eigenvalue weighted by Crippen LogP contribution is 2.55. The van der Waals surface area contributed by atoms with Crippen molar-refractivity contribution in [3.63, 3.8) is 0 Å². The molecule has 10 rings (SSSR count). The molecule has 0 radical (unpaired) electrons. The van der Waals surface area contributed by atoms with Crippen LogP contribution in [0.15, 0.2) is 84.9 Å². The maximum absolute atomic E-state index is 13.1. The van der Waals surface area contributed by atoms with Gasteiger partial charge in [-0.3, -0.25) is 4.90 Å². The molecule has 294 valence electrons. The van der Waals surface area contributed by atoms with Crippen molar-refractivity contribution >= 4 is 6.03 Å². The molecule has 5 fully saturated rings. The molecule has 3 N–H and O–H groups in total. The molecule has 56 heavy (non-hydrogen) atoms. The minimum atomic E-state index is -0.533. The fourth-order valence-electron chi connectivity index (χ4n) is 10.8. The standard InChI is InChI=1S/C47H55N3O6/c1-53-43-20-39-14-15-50(27-40(39)21-44(43)54-2)28-41-22-42(36-8-6-30(29-51)7-9-36)56-45(55-41)37-12-10-35(11-13-37)38-5-3-4-31(19-38)26-48-46(52)49-47-23-32-16-33(24-47)18-34(17-32)25-47/h3-13,19-21,32-34,41-42,45,51H,14-18,22-29H2,1-2H3,(H2,48,49,52)/t32?,33?,34?,41-,42+,45+,47?/m0/s1. The number of hydrogen-bond donors (Lipinski definition) is 3. The Labute approximate surface area is 330 Å². The van der Waals surface area contributed by atoms with E-state index >= 15 is 0 Å². The Hall–Kier alpha value is -4.41. The smallest absolute Gasteiger partial charge is 0.315 e. The number of amides is 2. The quantitative estimate of drug-likeness (QED) is 0.142. The van der Waals surface area contributed by atoms with Gasteiger partial charge < -0.3 is 34.7 Å². The molecule has 4 bridgehead atoms. The van der Waals surface area contributed by atoms with E-state index in [1.165, 1.54) is 30.4 Å². The highest BCUT2D eigenvalue weighted by Gasteiger charge is 2.51. The Morgan fingerprint density at radius 1 is 0.786 bits per heavy atom. The number of carbonyl (C=O) groups excluding carboxylic acids is 1. The van der Waals surface area contributed by atoms with E-state index in [2.05, 4.69) is 88.3 Å². The topological polar surface area (TPSA) is 102 Å². The Kier molecular flexibility index (Phi) is 10.5. The molecule has 1 saturated heterocycles. The zero-order chi connectivity index (χ0) is 38.2. The van der Waals surface area contributed by atoms with Crippen molar-refractivity contribution in [3.05, 3.63) is 118 Å². The van der Waals surface area contributed by atoms with Crippen LogP contribution in [-0.4, -0.2) is 55.0 Å². The third-order valence-corrected chi connectivity index (χ3v) is 13.2. The minimum Gasteiger partial charge on any atom is -0.493 e. The molecule has 0 aromatic heterocycles. The van der Waals surface area contributed by atoms with E-state index in [-0.39, 0.29) is 30.4 Å². The highest BCUT2D eigenvalue weighted by atomic mass is 16.7. The first-order chi connectivity index (χ1) is 27.3. The molecule has 3 atom stereocenters. The molecule has 2 aliphatic heterocycles. The van der Waals surface area contributed by atoms with Crippen LogP contribution in [0.4, 0.5) is 4.79 Å². The van der Waals surface area contributed by atoms with E-state index < -0.39 is 6.29 Å². The monoisotopic (exact) mass is 757 g/mol. The summed E-state index contributed by atoms with van der Waals surface area (Å²) in [4.78, 5) is 15.6. The number of benzene rings is 4. The normalized spacial score (nSPS) is 28.1. The van der Waals surface area contributed by atoms with Crippen molar-refractivity contribution in [2.24, 2.45) is 17.8 Å². The molecule has 4 saturated carbocycles. The highest BCUT2D eigenvalue weighted by molar-refractivity contribution is 5.75. The number of rotatable bonds is 11. The van der Waals surface area contributed by atoms with Gasteiger partial charge >= 0.3 is 6.03 Å². The van der Waals surface area contributed by atoms with Crippen LogP contribution < -0.4 is 20.1 Å². The molecule has 2 amide bonds. The lowest BCUT2D eigenvalue weighted by molar-refractivity contribution is -0.253. The SMILES string of the molecule is COc1cc2c(cc1OC)CN(C[C@@H]1C[C@H](c3ccc(CO)cc3)O[C@H](c3ccc(-c4cccc(CNC(=O)NC56CC7CC(CC(C7)C5)C6)c4)cc3)O1)CC2. The first kappa shape index (κ1) is 37.2. The molecule has 9 nitrogen and oxygen atoms in total. The van der Waals surface area contributed by atoms with Gasteiger partial charge in [0.15, 0.2) is 17.8 Å². The van der Waals surface area contributed by atoms with Crippen LogP contribution in [0.1, 0.15) is 90.7 Å². The maximum Gasteiger partial charge on any atom is 0.315 e. The molecule has 0 spiro atoms. The number of carbonyl (C=O) groups is 1. The van der Waals surface area contributed by atoms with Gasteiger partial charge in [-0.15, -0.1) is 0 Å². The van der Waals surface area contributed by atoms with E-state index in [4.69, 9.17) is 18.9 Å². The van der Waals surface area contributed by atoms with Crippen molar-refractivity contribution in [1.29, 1.82) is 0 Å². The van der Waals surface area contributed by atoms with Crippen LogP contribution >= 0.6 is 0 Å². The number of nitrogens with zero attached hydrogens (tertiary/aromatic N) is 1. The first-order valence-electron chi connectivity index (χ1n) is 20.6. The van der Waals surface area contributed by atoms with E-state index in [0.717, 1.165) is 114 Å². The Morgan fingerprint density at radius 2 is 1.46 bits per heavy atom. The molecular formula is C47H55N3O6. The largest absolute Gasteiger partial charge is 0.493 e. The van der Waals surface area contributed by atoms with Gasteiger partial charge in [0.1, 0.15) is 0 Å². The van der Waals surface area contributed by atoms with Gasteiger partial charge in [0.2, 0.25) is 0 Å². The summed E-state index contributed by atoms with van der Waals surface area (Å²) in [7, 11) is 3.36. The summed E-state index contributed by atoms with van der Waals surface area (Å²) in [5.74, 6) is 3.91. The Balaban J connectivity index is 0.867. The van der Waals surface area contributed by atoms with Gasteiger partial charge in [-0.1, -0.05) is 66.7 Å². The van der Waals surface area contributed by atoms with Gasteiger partial charge in [0.05, 0.1) is 33.0 Å². The predicted octanol–water partition coefficient (Wildman–Crippen LogP) is 8.23. The van der Waals surface area contributed by atoms with Crippen molar-refractivity contribution < 1.29 is 28.8 Å². The predicted molar refractivity (Wildman–Crippen MR) is 215 cm³/mol. The number of hydrogen-bond acceptors (Lipinski definition) is 7. The second kappa shape index (κ2) is 15.9. The number of fused-ring (bicyclic) bond motifs is 1. The summed E-state index contributed by atoms with van der Waals surface area (Å²) >= 11 is 0. The second-order valence-corrected chi connectivity index (χ2v) is 17.1. The first-order valence-corrected chi connectivity index (χ1v) is 20.6. The zero-order valence-corrected chi connectivity index (χ0v) is 32.7. The van der Waals surface area contributed by atoms with Crippen molar-refractivity contribution in [2.75, 3.05) is 27.3 Å². The van der Waals surface area contributed by atoms with Crippen molar-refractivity contribution in [3.8, 4) is 22.6 Å². The van der Waals surface area contributed by atoms with Crippen LogP contribution in [0.25, 0.3) is 11.1 Å². The van der Waals surface area contributed by atoms with Gasteiger partial charge in [-0.2, -0.15) is 0 Å². The summed E-state index contributed by atoms with van der Waals surface area (Å²) in [5, 5.41) is 16.3.